The van der Waals surface area contributed by atoms with Gasteiger partial charge in [-0.1, -0.05) is 133 Å². The van der Waals surface area contributed by atoms with Crippen molar-refractivity contribution < 1.29 is 0 Å². The Labute approximate surface area is 325 Å². The van der Waals surface area contributed by atoms with Crippen LogP contribution in [-0.4, -0.2) is 19.5 Å². The Morgan fingerprint density at radius 1 is 0.375 bits per heavy atom. The molecular weight excluding hydrogens is 701 g/mol. The van der Waals surface area contributed by atoms with Crippen LogP contribution in [-0.2, 0) is 0 Å². The lowest BCUT2D eigenvalue weighted by atomic mass is 9.99. The molecule has 0 bridgehead atoms. The van der Waals surface area contributed by atoms with Gasteiger partial charge in [0.1, 0.15) is 0 Å². The first-order valence-corrected chi connectivity index (χ1v) is 19.7. The Morgan fingerprint density at radius 3 is 1.84 bits per heavy atom. The van der Waals surface area contributed by atoms with Crippen LogP contribution < -0.4 is 0 Å². The lowest BCUT2D eigenvalue weighted by Gasteiger charge is -2.12. The second-order valence-electron chi connectivity index (χ2n) is 14.4. The predicted octanol–water partition coefficient (Wildman–Crippen LogP) is 13.8. The summed E-state index contributed by atoms with van der Waals surface area (Å²) in [6.07, 6.45) is 0. The van der Waals surface area contributed by atoms with Crippen LogP contribution in [0.25, 0.3) is 114 Å². The molecular formula is C51H30N4S. The molecule has 3 aromatic heterocycles. The third-order valence-electron chi connectivity index (χ3n) is 11.2. The van der Waals surface area contributed by atoms with Gasteiger partial charge in [0.2, 0.25) is 0 Å². The highest BCUT2D eigenvalue weighted by Gasteiger charge is 2.21. The van der Waals surface area contributed by atoms with Crippen molar-refractivity contribution in [2.75, 3.05) is 0 Å². The van der Waals surface area contributed by atoms with E-state index in [9.17, 15) is 0 Å². The fourth-order valence-electron chi connectivity index (χ4n) is 8.52. The summed E-state index contributed by atoms with van der Waals surface area (Å²) in [4.78, 5) is 15.7. The summed E-state index contributed by atoms with van der Waals surface area (Å²) in [6.45, 7) is 0. The minimum atomic E-state index is 0.651. The number of nitrogens with zero attached hydrogens (tertiary/aromatic N) is 4. The van der Waals surface area contributed by atoms with Gasteiger partial charge in [-0.05, 0) is 80.8 Å². The van der Waals surface area contributed by atoms with Crippen LogP contribution in [0.15, 0.2) is 182 Å². The molecule has 0 atom stereocenters. The first-order valence-electron chi connectivity index (χ1n) is 18.8. The zero-order valence-corrected chi connectivity index (χ0v) is 30.8. The van der Waals surface area contributed by atoms with Gasteiger partial charge in [0, 0.05) is 53.3 Å². The number of aromatic nitrogens is 4. The molecule has 0 aliphatic rings. The van der Waals surface area contributed by atoms with Gasteiger partial charge in [0.25, 0.3) is 0 Å². The lowest BCUT2D eigenvalue weighted by molar-refractivity contribution is 1.08. The molecule has 0 aliphatic carbocycles. The van der Waals surface area contributed by atoms with Gasteiger partial charge < -0.3 is 4.57 Å². The van der Waals surface area contributed by atoms with Crippen molar-refractivity contribution in [3.05, 3.63) is 182 Å². The van der Waals surface area contributed by atoms with Crippen LogP contribution in [0.1, 0.15) is 0 Å². The molecule has 0 saturated heterocycles. The van der Waals surface area contributed by atoms with Crippen molar-refractivity contribution in [3.63, 3.8) is 0 Å². The molecule has 12 rings (SSSR count). The molecule has 0 N–H and O–H groups in total. The molecule has 0 spiro atoms. The Bertz CT molecular complexity index is 3540. The minimum Gasteiger partial charge on any atom is -0.309 e. The van der Waals surface area contributed by atoms with Crippen molar-refractivity contribution in [2.24, 2.45) is 0 Å². The van der Waals surface area contributed by atoms with E-state index in [4.69, 9.17) is 15.0 Å². The summed E-state index contributed by atoms with van der Waals surface area (Å²) in [7, 11) is 0. The van der Waals surface area contributed by atoms with Gasteiger partial charge in [0.05, 0.1) is 11.0 Å². The summed E-state index contributed by atoms with van der Waals surface area (Å²) in [6, 6.07) is 65.0. The predicted molar refractivity (Wildman–Crippen MR) is 236 cm³/mol. The topological polar surface area (TPSA) is 43.6 Å². The Hall–Kier alpha value is -7.21. The minimum absolute atomic E-state index is 0.651. The fraction of sp³-hybridized carbons (Fsp3) is 0. The standard InChI is InChI=1S/C51H30N4S/c1-2-13-32(14-3-1)49-52-50(37-23-22-31-12-4-5-15-33(31)26-37)54-51(53-49)43-28-36-18-8-9-19-39(36)48-47(43)42-30-38(24-25-46(42)56-48)55-44-21-11-10-20-40(44)41-27-34-16-6-7-17-35(34)29-45(41)55/h1-30H. The summed E-state index contributed by atoms with van der Waals surface area (Å²) in [5.41, 5.74) is 6.41. The Morgan fingerprint density at radius 2 is 1.02 bits per heavy atom. The second kappa shape index (κ2) is 12.2. The van der Waals surface area contributed by atoms with E-state index in [2.05, 4.69) is 168 Å². The maximum absolute atomic E-state index is 5.31. The van der Waals surface area contributed by atoms with E-state index in [1.807, 2.05) is 29.5 Å². The molecule has 0 saturated carbocycles. The van der Waals surface area contributed by atoms with E-state index >= 15 is 0 Å². The number of hydrogen-bond donors (Lipinski definition) is 0. The Kier molecular flexibility index (Phi) is 6.76. The van der Waals surface area contributed by atoms with E-state index in [1.54, 1.807) is 0 Å². The SMILES string of the molecule is c1ccc(-c2nc(-c3ccc4ccccc4c3)nc(-c3cc4ccccc4c4sc5ccc(-n6c7ccccc7c7cc8ccccc8cc76)cc5c34)n2)cc1. The number of para-hydroxylation sites is 1. The number of rotatable bonds is 4. The molecule has 12 aromatic rings. The molecule has 56 heavy (non-hydrogen) atoms. The van der Waals surface area contributed by atoms with Gasteiger partial charge in [-0.25, -0.2) is 15.0 Å². The van der Waals surface area contributed by atoms with Crippen molar-refractivity contribution in [1.29, 1.82) is 0 Å². The number of benzene rings is 9. The van der Waals surface area contributed by atoms with Gasteiger partial charge >= 0.3 is 0 Å². The van der Waals surface area contributed by atoms with Crippen molar-refractivity contribution in [2.45, 2.75) is 0 Å². The van der Waals surface area contributed by atoms with E-state index in [1.165, 1.54) is 58.1 Å². The molecule has 3 heterocycles. The fourth-order valence-corrected chi connectivity index (χ4v) is 9.76. The molecule has 4 nitrogen and oxygen atoms in total. The summed E-state index contributed by atoms with van der Waals surface area (Å²) in [5.74, 6) is 1.96. The summed E-state index contributed by atoms with van der Waals surface area (Å²) >= 11 is 1.84. The molecule has 0 radical (unpaired) electrons. The van der Waals surface area contributed by atoms with Crippen molar-refractivity contribution >= 4 is 85.6 Å². The number of fused-ring (bicyclic) bond motifs is 10. The average Bonchev–Trinajstić information content (AvgIpc) is 3.81. The third-order valence-corrected chi connectivity index (χ3v) is 12.4. The van der Waals surface area contributed by atoms with E-state index in [0.717, 1.165) is 38.5 Å². The molecule has 0 fully saturated rings. The lowest BCUT2D eigenvalue weighted by Crippen LogP contribution is -2.00. The van der Waals surface area contributed by atoms with E-state index < -0.39 is 0 Å². The van der Waals surface area contributed by atoms with Crippen LogP contribution in [0.4, 0.5) is 0 Å². The number of thiophene rings is 1. The zero-order chi connectivity index (χ0) is 36.7. The van der Waals surface area contributed by atoms with Crippen molar-refractivity contribution in [3.8, 4) is 39.9 Å². The van der Waals surface area contributed by atoms with Gasteiger partial charge in [0.15, 0.2) is 17.5 Å². The average molecular weight is 731 g/mol. The Balaban J connectivity index is 1.15. The smallest absolute Gasteiger partial charge is 0.164 e. The van der Waals surface area contributed by atoms with Crippen LogP contribution in [0, 0.1) is 0 Å². The zero-order valence-electron chi connectivity index (χ0n) is 30.0. The van der Waals surface area contributed by atoms with Crippen LogP contribution in [0.3, 0.4) is 0 Å². The molecule has 0 amide bonds. The highest BCUT2D eigenvalue weighted by Crippen LogP contribution is 2.45. The summed E-state index contributed by atoms with van der Waals surface area (Å²) < 4.78 is 4.88. The van der Waals surface area contributed by atoms with Crippen LogP contribution >= 0.6 is 11.3 Å². The van der Waals surface area contributed by atoms with Crippen LogP contribution in [0.5, 0.6) is 0 Å². The molecule has 0 aliphatic heterocycles. The number of hydrogen-bond acceptors (Lipinski definition) is 4. The molecule has 0 unspecified atom stereocenters. The molecule has 5 heteroatoms. The second-order valence-corrected chi connectivity index (χ2v) is 15.5. The van der Waals surface area contributed by atoms with Gasteiger partial charge in [-0.2, -0.15) is 0 Å². The molecule has 9 aromatic carbocycles. The highest BCUT2D eigenvalue weighted by atomic mass is 32.1. The monoisotopic (exact) mass is 730 g/mol. The molecule has 260 valence electrons. The third kappa shape index (κ3) is 4.81. The summed E-state index contributed by atoms with van der Waals surface area (Å²) in [5, 5.41) is 12.0. The quantitative estimate of drug-likeness (QED) is 0.181. The normalized spacial score (nSPS) is 11.9. The highest BCUT2D eigenvalue weighted by molar-refractivity contribution is 7.26. The van der Waals surface area contributed by atoms with E-state index in [0.29, 0.717) is 17.5 Å². The first kappa shape index (κ1) is 31.2. The van der Waals surface area contributed by atoms with Crippen molar-refractivity contribution in [1.82, 2.24) is 19.5 Å². The first-order chi connectivity index (χ1) is 27.7. The van der Waals surface area contributed by atoms with E-state index in [-0.39, 0.29) is 0 Å². The van der Waals surface area contributed by atoms with Gasteiger partial charge in [-0.3, -0.25) is 0 Å². The maximum Gasteiger partial charge on any atom is 0.164 e. The largest absolute Gasteiger partial charge is 0.309 e. The van der Waals surface area contributed by atoms with Gasteiger partial charge in [-0.15, -0.1) is 11.3 Å². The maximum atomic E-state index is 5.31. The van der Waals surface area contributed by atoms with Crippen LogP contribution in [0.2, 0.25) is 0 Å².